The average molecular weight is 269 g/mol. The Morgan fingerprint density at radius 1 is 1.60 bits per heavy atom. The minimum absolute atomic E-state index is 0.0432. The summed E-state index contributed by atoms with van der Waals surface area (Å²) in [6, 6.07) is 2.90. The van der Waals surface area contributed by atoms with Crippen LogP contribution in [0.3, 0.4) is 0 Å². The van der Waals surface area contributed by atoms with Crippen LogP contribution in [0.4, 0.5) is 0 Å². The molecular weight excluding hydrogens is 259 g/mol. The van der Waals surface area contributed by atoms with Crippen LogP contribution >= 0.6 is 15.9 Å². The molecule has 0 heterocycles. The van der Waals surface area contributed by atoms with E-state index in [1.807, 2.05) is 0 Å². The van der Waals surface area contributed by atoms with Gasteiger partial charge >= 0.3 is 0 Å². The first-order chi connectivity index (χ1) is 6.97. The van der Waals surface area contributed by atoms with Gasteiger partial charge in [-0.05, 0) is 33.9 Å². The Balaban J connectivity index is 3.22. The SMILES string of the molecule is [B]C(C)C(=O)c1cc(O)c(Br)c(OC)c1. The van der Waals surface area contributed by atoms with Crippen molar-refractivity contribution in [3.63, 3.8) is 0 Å². The molecule has 1 rings (SSSR count). The summed E-state index contributed by atoms with van der Waals surface area (Å²) >= 11 is 3.14. The van der Waals surface area contributed by atoms with Crippen LogP contribution in [0.25, 0.3) is 0 Å². The maximum Gasteiger partial charge on any atom is 0.157 e. The number of phenols is 1. The predicted octanol–water partition coefficient (Wildman–Crippen LogP) is 2.32. The first-order valence-corrected chi connectivity index (χ1v) is 5.13. The molecule has 0 saturated carbocycles. The van der Waals surface area contributed by atoms with E-state index < -0.39 is 5.82 Å². The number of ether oxygens (including phenoxy) is 1. The van der Waals surface area contributed by atoms with E-state index in [9.17, 15) is 9.90 Å². The maximum absolute atomic E-state index is 11.6. The monoisotopic (exact) mass is 268 g/mol. The molecule has 0 fully saturated rings. The number of methoxy groups -OCH3 is 1. The third kappa shape index (κ3) is 2.53. The molecule has 1 unspecified atom stereocenters. The van der Waals surface area contributed by atoms with Crippen molar-refractivity contribution in [2.75, 3.05) is 7.11 Å². The second-order valence-corrected chi connectivity index (χ2v) is 3.96. The van der Waals surface area contributed by atoms with Gasteiger partial charge in [0.1, 0.15) is 16.0 Å². The zero-order chi connectivity index (χ0) is 11.6. The lowest BCUT2D eigenvalue weighted by molar-refractivity contribution is 0.0988. The molecule has 1 N–H and O–H groups in total. The molecule has 1 aromatic rings. The van der Waals surface area contributed by atoms with Crippen LogP contribution in [0.15, 0.2) is 16.6 Å². The van der Waals surface area contributed by atoms with Crippen LogP contribution in [0, 0.1) is 0 Å². The molecule has 1 aromatic carbocycles. The molecule has 0 aliphatic heterocycles. The summed E-state index contributed by atoms with van der Waals surface area (Å²) in [5, 5.41) is 9.52. The van der Waals surface area contributed by atoms with E-state index in [2.05, 4.69) is 15.9 Å². The Hall–Kier alpha value is -0.965. The average Bonchev–Trinajstić information content (AvgIpc) is 2.20. The van der Waals surface area contributed by atoms with Gasteiger partial charge < -0.3 is 9.84 Å². The summed E-state index contributed by atoms with van der Waals surface area (Å²) in [6.07, 6.45) is 0. The molecule has 2 radical (unpaired) electrons. The van der Waals surface area contributed by atoms with E-state index in [-0.39, 0.29) is 11.5 Å². The van der Waals surface area contributed by atoms with Crippen molar-refractivity contribution in [2.45, 2.75) is 12.7 Å². The zero-order valence-corrected chi connectivity index (χ0v) is 10.0. The number of phenolic OH excluding ortho intramolecular Hbond substituents is 1. The van der Waals surface area contributed by atoms with Crippen molar-refractivity contribution in [1.29, 1.82) is 0 Å². The highest BCUT2D eigenvalue weighted by Gasteiger charge is 2.15. The smallest absolute Gasteiger partial charge is 0.157 e. The lowest BCUT2D eigenvalue weighted by Gasteiger charge is -2.09. The van der Waals surface area contributed by atoms with Gasteiger partial charge in [-0.15, -0.1) is 0 Å². The molecule has 1 atom stereocenters. The molecule has 5 heteroatoms. The van der Waals surface area contributed by atoms with Crippen molar-refractivity contribution >= 4 is 29.6 Å². The van der Waals surface area contributed by atoms with Crippen molar-refractivity contribution in [2.24, 2.45) is 0 Å². The highest BCUT2D eigenvalue weighted by atomic mass is 79.9. The molecular formula is C10H10BBrO3. The summed E-state index contributed by atoms with van der Waals surface area (Å²) in [7, 11) is 6.92. The van der Waals surface area contributed by atoms with E-state index in [0.717, 1.165) is 0 Å². The third-order valence-electron chi connectivity index (χ3n) is 1.94. The molecule has 15 heavy (non-hydrogen) atoms. The second-order valence-electron chi connectivity index (χ2n) is 3.16. The number of Topliss-reactive ketones (excluding diaryl/α,β-unsaturated/α-hetero) is 1. The van der Waals surface area contributed by atoms with Crippen LogP contribution in [0.2, 0.25) is 5.82 Å². The van der Waals surface area contributed by atoms with E-state index in [1.54, 1.807) is 6.92 Å². The van der Waals surface area contributed by atoms with Crippen molar-refractivity contribution in [1.82, 2.24) is 0 Å². The third-order valence-corrected chi connectivity index (χ3v) is 2.74. The van der Waals surface area contributed by atoms with Gasteiger partial charge in [0.15, 0.2) is 5.78 Å². The molecule has 0 spiro atoms. The van der Waals surface area contributed by atoms with Gasteiger partial charge in [-0.1, -0.05) is 6.92 Å². The van der Waals surface area contributed by atoms with Crippen LogP contribution in [-0.2, 0) is 0 Å². The number of hydrogen-bond acceptors (Lipinski definition) is 3. The summed E-state index contributed by atoms with van der Waals surface area (Å²) in [5.41, 5.74) is 0.336. The fourth-order valence-electron chi connectivity index (χ4n) is 1.14. The van der Waals surface area contributed by atoms with Gasteiger partial charge in [-0.25, -0.2) is 0 Å². The highest BCUT2D eigenvalue weighted by molar-refractivity contribution is 9.10. The lowest BCUT2D eigenvalue weighted by Crippen LogP contribution is -2.05. The molecule has 0 amide bonds. The summed E-state index contributed by atoms with van der Waals surface area (Å²) in [4.78, 5) is 11.6. The number of carbonyl (C=O) groups excluding carboxylic acids is 1. The maximum atomic E-state index is 11.6. The van der Waals surface area contributed by atoms with Gasteiger partial charge in [-0.3, -0.25) is 4.79 Å². The Morgan fingerprint density at radius 2 is 2.20 bits per heavy atom. The normalized spacial score (nSPS) is 12.2. The Bertz CT molecular complexity index is 390. The summed E-state index contributed by atoms with van der Waals surface area (Å²) in [6.45, 7) is 1.59. The van der Waals surface area contributed by atoms with Crippen LogP contribution < -0.4 is 4.74 Å². The van der Waals surface area contributed by atoms with Crippen LogP contribution in [0.5, 0.6) is 11.5 Å². The van der Waals surface area contributed by atoms with Crippen molar-refractivity contribution in [3.05, 3.63) is 22.2 Å². The van der Waals surface area contributed by atoms with E-state index in [0.29, 0.717) is 15.8 Å². The molecule has 78 valence electrons. The number of aromatic hydroxyl groups is 1. The summed E-state index contributed by atoms with van der Waals surface area (Å²) in [5.74, 6) is -0.483. The highest BCUT2D eigenvalue weighted by Crippen LogP contribution is 2.35. The Morgan fingerprint density at radius 3 is 2.67 bits per heavy atom. The molecule has 0 bridgehead atoms. The van der Waals surface area contributed by atoms with Crippen molar-refractivity contribution < 1.29 is 14.6 Å². The molecule has 0 aromatic heterocycles. The fraction of sp³-hybridized carbons (Fsp3) is 0.300. The van der Waals surface area contributed by atoms with Gasteiger partial charge in [0.25, 0.3) is 0 Å². The quantitative estimate of drug-likeness (QED) is 0.676. The number of halogens is 1. The number of hydrogen-bond donors (Lipinski definition) is 1. The fourth-order valence-corrected chi connectivity index (χ4v) is 1.53. The number of carbonyl (C=O) groups is 1. The Kier molecular flexibility index (Phi) is 3.80. The van der Waals surface area contributed by atoms with E-state index in [1.165, 1.54) is 19.2 Å². The number of ketones is 1. The topological polar surface area (TPSA) is 46.5 Å². The zero-order valence-electron chi connectivity index (χ0n) is 8.45. The van der Waals surface area contributed by atoms with Crippen LogP contribution in [0.1, 0.15) is 17.3 Å². The van der Waals surface area contributed by atoms with E-state index >= 15 is 0 Å². The first-order valence-electron chi connectivity index (χ1n) is 4.33. The van der Waals surface area contributed by atoms with E-state index in [4.69, 9.17) is 12.6 Å². The molecule has 0 aliphatic rings. The predicted molar refractivity (Wildman–Crippen MR) is 61.9 cm³/mol. The van der Waals surface area contributed by atoms with Gasteiger partial charge in [0.2, 0.25) is 0 Å². The lowest BCUT2D eigenvalue weighted by atomic mass is 9.83. The number of rotatable bonds is 3. The minimum atomic E-state index is -0.602. The minimum Gasteiger partial charge on any atom is -0.507 e. The Labute approximate surface area is 98.0 Å². The molecule has 0 aliphatic carbocycles. The first kappa shape index (κ1) is 12.1. The van der Waals surface area contributed by atoms with Gasteiger partial charge in [-0.2, -0.15) is 0 Å². The molecule has 3 nitrogen and oxygen atoms in total. The number of benzene rings is 1. The van der Waals surface area contributed by atoms with Crippen molar-refractivity contribution in [3.8, 4) is 11.5 Å². The summed E-state index contributed by atoms with van der Waals surface area (Å²) < 4.78 is 5.42. The van der Waals surface area contributed by atoms with Gasteiger partial charge in [0, 0.05) is 5.56 Å². The molecule has 0 saturated heterocycles. The standard InChI is InChI=1S/C10H10BBrO3/c1-5(11)10(14)6-3-7(13)9(12)8(4-6)15-2/h3-5,13H,1-2H3. The van der Waals surface area contributed by atoms with Crippen LogP contribution in [-0.4, -0.2) is 25.8 Å². The van der Waals surface area contributed by atoms with Gasteiger partial charge in [0.05, 0.1) is 15.0 Å². The largest absolute Gasteiger partial charge is 0.507 e. The second kappa shape index (κ2) is 4.70.